The van der Waals surface area contributed by atoms with Crippen molar-refractivity contribution in [2.45, 2.75) is 229 Å². The highest BCUT2D eigenvalue weighted by atomic mass is 16.8. The Morgan fingerprint density at radius 2 is 0.941 bits per heavy atom. The molecule has 6 fully saturated rings. The molecule has 31 atom stereocenters. The molecule has 37 nitrogen and oxygen atoms in total. The second-order valence-corrected chi connectivity index (χ2v) is 21.4. The lowest BCUT2D eigenvalue weighted by Crippen LogP contribution is -2.71. The standard InChI is InChI=1S/C48H83N3O34/c1-15(58)50-24-17(60)8-48(47(72)73,85-40(24)26(62)18(61)9-52)84-39-23(14-57)79-45(34(70)31(39)67)81-36-20(11-54)76-42(25(28(36)64)51-16(2)59)80-37-21(12-55)77-44(32(68)29(37)65)82-38-22(13-56)78-46(33(69)30(38)66)83-41-27(63)19(10-53)75-43(35(41)71)74-7-5-3-4-6-49/h17-46,52-57,60-71H,3-14,49H2,1-2H3,(H,50,58)(H,51,59)(H,72,73)/t17-,18+,19+,20+,21+,22+,23+,24+,25+,26+,27+,28+,29+,30+,31+,32+,33+,34+,35+,36-,37-,38-,39-,40+,41-,42+,43+,44+,45-,46-,48-/m0/s1. The number of ether oxygens (including phenoxy) is 12. The fourth-order valence-electron chi connectivity index (χ4n) is 10.8. The minimum Gasteiger partial charge on any atom is -0.477 e. The topological polar surface area (TPSA) is 596 Å². The van der Waals surface area contributed by atoms with Crippen LogP contribution in [0, 0.1) is 0 Å². The highest BCUT2D eigenvalue weighted by Gasteiger charge is 2.61. The number of unbranched alkanes of at least 4 members (excludes halogenated alkanes) is 2. The van der Waals surface area contributed by atoms with Gasteiger partial charge in [0.25, 0.3) is 5.79 Å². The van der Waals surface area contributed by atoms with Crippen molar-refractivity contribution in [2.24, 2.45) is 5.73 Å². The minimum atomic E-state index is -3.12. The molecule has 0 spiro atoms. The molecule has 0 saturated carbocycles. The number of nitrogens with two attached hydrogens (primary N) is 1. The molecule has 6 saturated heterocycles. The molecule has 37 heteroatoms. The van der Waals surface area contributed by atoms with E-state index in [-0.39, 0.29) is 6.61 Å². The molecule has 6 aliphatic heterocycles. The number of amides is 2. The van der Waals surface area contributed by atoms with Crippen LogP contribution in [0.15, 0.2) is 0 Å². The Kier molecular flexibility index (Phi) is 26.6. The van der Waals surface area contributed by atoms with Crippen molar-refractivity contribution < 1.29 is 168 Å². The number of carbonyl (C=O) groups is 3. The quantitative estimate of drug-likeness (QED) is 0.0340. The molecular weight excluding hydrogens is 1160 g/mol. The molecule has 0 radical (unpaired) electrons. The van der Waals surface area contributed by atoms with E-state index in [0.717, 1.165) is 13.8 Å². The number of hydrogen-bond donors (Lipinski definition) is 22. The third-order valence-corrected chi connectivity index (χ3v) is 15.3. The van der Waals surface area contributed by atoms with Gasteiger partial charge in [-0.1, -0.05) is 0 Å². The SMILES string of the molecule is CC(=O)N[C@H]1[C@@H](O[C@@H]2[C@H](O)[C@@H](O)[C@@H](O[C@@H]3[C@H](O)[C@@H](O)[C@H](O[C@@H]4[C@@H](O)[C@H](OCCCCCN)O[C@H](CO)[C@H]4O)O[C@@H]3CO)O[C@@H]2CO)O[C@H](CO)[C@H](O[C@@H]2O[C@H](CO)[C@H](O[C@@]3(C(=O)O)C[C@H](O)[C@@H](NC(C)=O)[C@H]([C@H](O)[C@H](O)CO)O3)[C@H](O)[C@H]2O)[C@@H]1O. The lowest BCUT2D eigenvalue weighted by Gasteiger charge is -2.51. The van der Waals surface area contributed by atoms with E-state index < -0.39 is 254 Å². The molecular formula is C48H83N3O34. The van der Waals surface area contributed by atoms with Gasteiger partial charge >= 0.3 is 5.97 Å². The van der Waals surface area contributed by atoms with Gasteiger partial charge in [-0.15, -0.1) is 0 Å². The van der Waals surface area contributed by atoms with Crippen molar-refractivity contribution in [3.63, 3.8) is 0 Å². The van der Waals surface area contributed by atoms with E-state index in [4.69, 9.17) is 62.6 Å². The smallest absolute Gasteiger partial charge is 0.364 e. The molecule has 6 rings (SSSR count). The van der Waals surface area contributed by atoms with E-state index in [1.165, 1.54) is 0 Å². The molecule has 85 heavy (non-hydrogen) atoms. The third kappa shape index (κ3) is 16.2. The summed E-state index contributed by atoms with van der Waals surface area (Å²) < 4.78 is 68.6. The van der Waals surface area contributed by atoms with Gasteiger partial charge in [0.2, 0.25) is 11.8 Å². The van der Waals surface area contributed by atoms with E-state index >= 15 is 0 Å². The molecule has 0 bridgehead atoms. The monoisotopic (exact) mass is 1250 g/mol. The Labute approximate surface area is 483 Å². The third-order valence-electron chi connectivity index (χ3n) is 15.3. The summed E-state index contributed by atoms with van der Waals surface area (Å²) in [6, 6.07) is -3.45. The van der Waals surface area contributed by atoms with Crippen molar-refractivity contribution in [2.75, 3.05) is 52.8 Å². The first-order chi connectivity index (χ1) is 40.3. The Morgan fingerprint density at radius 1 is 0.518 bits per heavy atom. The summed E-state index contributed by atoms with van der Waals surface area (Å²) in [6.45, 7) is -3.74. The summed E-state index contributed by atoms with van der Waals surface area (Å²) in [7, 11) is 0. The predicted molar refractivity (Wildman–Crippen MR) is 266 cm³/mol. The molecule has 0 aliphatic carbocycles. The molecule has 23 N–H and O–H groups in total. The lowest BCUT2D eigenvalue weighted by atomic mass is 9.88. The number of carboxylic acid groups (broad SMARTS) is 1. The van der Waals surface area contributed by atoms with Gasteiger partial charge in [-0.3, -0.25) is 9.59 Å². The van der Waals surface area contributed by atoms with E-state index in [1.807, 2.05) is 0 Å². The van der Waals surface area contributed by atoms with Gasteiger partial charge in [0.15, 0.2) is 31.5 Å². The molecule has 494 valence electrons. The predicted octanol–water partition coefficient (Wildman–Crippen LogP) is -13.5. The second-order valence-electron chi connectivity index (χ2n) is 21.4. The van der Waals surface area contributed by atoms with Crippen LogP contribution in [0.5, 0.6) is 0 Å². The summed E-state index contributed by atoms with van der Waals surface area (Å²) in [6.07, 6.45) is -54.1. The summed E-state index contributed by atoms with van der Waals surface area (Å²) in [4.78, 5) is 37.5. The zero-order valence-electron chi connectivity index (χ0n) is 46.0. The normalized spacial score (nSPS) is 45.1. The summed E-state index contributed by atoms with van der Waals surface area (Å²) in [5.74, 6) is -6.85. The van der Waals surface area contributed by atoms with E-state index in [1.54, 1.807) is 0 Å². The first kappa shape index (κ1) is 71.2. The van der Waals surface area contributed by atoms with E-state index in [2.05, 4.69) is 10.6 Å². The van der Waals surface area contributed by atoms with Gasteiger partial charge in [0.1, 0.15) is 140 Å². The zero-order valence-corrected chi connectivity index (χ0v) is 46.0. The molecule has 6 aliphatic rings. The number of nitrogens with one attached hydrogen (secondary N) is 2. The van der Waals surface area contributed by atoms with Crippen molar-refractivity contribution in [3.8, 4) is 0 Å². The number of carboxylic acids is 1. The number of aliphatic hydroxyl groups is 18. The van der Waals surface area contributed by atoms with Crippen LogP contribution >= 0.6 is 0 Å². The fraction of sp³-hybridized carbons (Fsp3) is 0.938. The maximum Gasteiger partial charge on any atom is 0.364 e. The molecule has 6 heterocycles. The van der Waals surface area contributed by atoms with Crippen LogP contribution in [0.2, 0.25) is 0 Å². The van der Waals surface area contributed by atoms with Gasteiger partial charge in [-0.25, -0.2) is 4.79 Å². The summed E-state index contributed by atoms with van der Waals surface area (Å²) in [5.41, 5.74) is 5.52. The van der Waals surface area contributed by atoms with Crippen LogP contribution in [-0.2, 0) is 71.2 Å². The highest BCUT2D eigenvalue weighted by Crippen LogP contribution is 2.40. The molecule has 0 aromatic heterocycles. The van der Waals surface area contributed by atoms with Crippen LogP contribution in [0.1, 0.15) is 39.5 Å². The van der Waals surface area contributed by atoms with Crippen molar-refractivity contribution >= 4 is 17.8 Å². The second kappa shape index (κ2) is 31.8. The molecule has 0 aromatic rings. The van der Waals surface area contributed by atoms with E-state index in [9.17, 15) is 111 Å². The van der Waals surface area contributed by atoms with Crippen LogP contribution in [0.3, 0.4) is 0 Å². The fourth-order valence-corrected chi connectivity index (χ4v) is 10.8. The summed E-state index contributed by atoms with van der Waals surface area (Å²) in [5, 5.41) is 211. The van der Waals surface area contributed by atoms with E-state index in [0.29, 0.717) is 25.8 Å². The highest BCUT2D eigenvalue weighted by molar-refractivity contribution is 5.76. The number of aliphatic hydroxyl groups excluding tert-OH is 18. The van der Waals surface area contributed by atoms with Gasteiger partial charge < -0.3 is 170 Å². The average Bonchev–Trinajstić information content (AvgIpc) is 1.49. The first-order valence-electron chi connectivity index (χ1n) is 27.4. The van der Waals surface area contributed by atoms with Crippen LogP contribution < -0.4 is 16.4 Å². The number of rotatable bonds is 27. The molecule has 0 unspecified atom stereocenters. The van der Waals surface area contributed by atoms with Crippen molar-refractivity contribution in [1.29, 1.82) is 0 Å². The maximum atomic E-state index is 12.9. The van der Waals surface area contributed by atoms with Crippen LogP contribution in [-0.4, -0.2) is 357 Å². The summed E-state index contributed by atoms with van der Waals surface area (Å²) >= 11 is 0. The Hall–Kier alpha value is -2.83. The van der Waals surface area contributed by atoms with Gasteiger partial charge in [0.05, 0.1) is 51.8 Å². The minimum absolute atomic E-state index is 0.0722. The number of aliphatic carboxylic acids is 1. The molecule has 2 amide bonds. The van der Waals surface area contributed by atoms with Crippen LogP contribution in [0.4, 0.5) is 0 Å². The number of hydrogen-bond acceptors (Lipinski definition) is 34. The van der Waals surface area contributed by atoms with Crippen LogP contribution in [0.25, 0.3) is 0 Å². The van der Waals surface area contributed by atoms with Crippen molar-refractivity contribution in [3.05, 3.63) is 0 Å². The number of carbonyl (C=O) groups excluding carboxylic acids is 2. The molecule has 0 aromatic carbocycles. The lowest BCUT2D eigenvalue weighted by molar-refractivity contribution is -0.392. The van der Waals surface area contributed by atoms with Crippen molar-refractivity contribution in [1.82, 2.24) is 10.6 Å². The van der Waals surface area contributed by atoms with Gasteiger partial charge in [-0.2, -0.15) is 0 Å². The van der Waals surface area contributed by atoms with Gasteiger partial charge in [-0.05, 0) is 25.8 Å². The largest absolute Gasteiger partial charge is 0.477 e. The first-order valence-corrected chi connectivity index (χ1v) is 27.4. The Bertz CT molecular complexity index is 2080. The maximum absolute atomic E-state index is 12.9. The zero-order chi connectivity index (χ0) is 62.9. The van der Waals surface area contributed by atoms with Gasteiger partial charge in [0, 0.05) is 26.9 Å². The Morgan fingerprint density at radius 3 is 1.40 bits per heavy atom. The average molecular weight is 1250 g/mol. The Balaban J connectivity index is 1.13.